The summed E-state index contributed by atoms with van der Waals surface area (Å²) in [5.41, 5.74) is 5.02. The fourth-order valence-corrected chi connectivity index (χ4v) is 0.818. The highest BCUT2D eigenvalue weighted by Crippen LogP contribution is 2.08. The Kier molecular flexibility index (Phi) is 2.24. The van der Waals surface area contributed by atoms with Crippen LogP contribution in [0.25, 0.3) is 0 Å². The van der Waals surface area contributed by atoms with Gasteiger partial charge in [0.15, 0.2) is 0 Å². The summed E-state index contributed by atoms with van der Waals surface area (Å²) in [4.78, 5) is 0. The molecular formula is C7H6BF2N. The van der Waals surface area contributed by atoms with Crippen molar-refractivity contribution in [3.63, 3.8) is 0 Å². The zero-order chi connectivity index (χ0) is 8.43. The summed E-state index contributed by atoms with van der Waals surface area (Å²) < 4.78 is 25.4. The van der Waals surface area contributed by atoms with Gasteiger partial charge in [0.05, 0.1) is 0 Å². The number of rotatable bonds is 1. The third-order valence-electron chi connectivity index (χ3n) is 1.37. The van der Waals surface area contributed by atoms with Gasteiger partial charge in [-0.1, -0.05) is 5.46 Å². The number of hydrogen-bond acceptors (Lipinski definition) is 1. The first-order valence-corrected chi connectivity index (χ1v) is 3.08. The number of benzene rings is 1. The van der Waals surface area contributed by atoms with Crippen molar-refractivity contribution < 1.29 is 8.78 Å². The summed E-state index contributed by atoms with van der Waals surface area (Å²) in [6, 6.07) is 2.09. The molecule has 0 aliphatic heterocycles. The third-order valence-corrected chi connectivity index (χ3v) is 1.37. The minimum atomic E-state index is -0.690. The normalized spacial score (nSPS) is 10.1. The molecule has 0 aliphatic carbocycles. The Balaban J connectivity index is 3.25. The van der Waals surface area contributed by atoms with Gasteiger partial charge in [0.1, 0.15) is 19.5 Å². The molecule has 0 amide bonds. The van der Waals surface area contributed by atoms with E-state index in [-0.39, 0.29) is 17.6 Å². The van der Waals surface area contributed by atoms with E-state index >= 15 is 0 Å². The summed E-state index contributed by atoms with van der Waals surface area (Å²) >= 11 is 0. The molecule has 1 aromatic rings. The Labute approximate surface area is 64.6 Å². The summed E-state index contributed by atoms with van der Waals surface area (Å²) in [7, 11) is 5.16. The molecule has 0 aromatic heterocycles. The Morgan fingerprint density at radius 1 is 1.27 bits per heavy atom. The number of hydrogen-bond donors (Lipinski definition) is 1. The van der Waals surface area contributed by atoms with Crippen LogP contribution in [0.15, 0.2) is 12.1 Å². The summed E-state index contributed by atoms with van der Waals surface area (Å²) in [6.45, 7) is -0.155. The minimum Gasteiger partial charge on any atom is -0.326 e. The van der Waals surface area contributed by atoms with Gasteiger partial charge in [-0.2, -0.15) is 0 Å². The van der Waals surface area contributed by atoms with Crippen LogP contribution in [0.4, 0.5) is 8.78 Å². The van der Waals surface area contributed by atoms with E-state index in [1.165, 1.54) is 0 Å². The van der Waals surface area contributed by atoms with Gasteiger partial charge in [0.25, 0.3) is 0 Å². The highest BCUT2D eigenvalue weighted by atomic mass is 19.1. The van der Waals surface area contributed by atoms with E-state index in [1.54, 1.807) is 0 Å². The maximum Gasteiger partial charge on any atom is 0.130 e. The molecule has 0 unspecified atom stereocenters. The monoisotopic (exact) mass is 153 g/mol. The topological polar surface area (TPSA) is 26.0 Å². The first-order chi connectivity index (χ1) is 5.15. The van der Waals surface area contributed by atoms with E-state index in [2.05, 4.69) is 0 Å². The molecule has 1 nitrogen and oxygen atoms in total. The highest BCUT2D eigenvalue weighted by molar-refractivity contribution is 6.32. The molecule has 0 fully saturated rings. The predicted molar refractivity (Wildman–Crippen MR) is 39.6 cm³/mol. The Morgan fingerprint density at radius 3 is 2.09 bits per heavy atom. The molecule has 0 saturated carbocycles. The van der Waals surface area contributed by atoms with Gasteiger partial charge in [-0.25, -0.2) is 8.78 Å². The Bertz CT molecular complexity index is 252. The van der Waals surface area contributed by atoms with Crippen LogP contribution in [-0.2, 0) is 6.54 Å². The van der Waals surface area contributed by atoms with Crippen molar-refractivity contribution in [2.45, 2.75) is 6.54 Å². The molecular weight excluding hydrogens is 147 g/mol. The molecule has 0 bridgehead atoms. The van der Waals surface area contributed by atoms with Crippen molar-refractivity contribution >= 4 is 13.3 Å². The number of halogens is 2. The van der Waals surface area contributed by atoms with Crippen LogP contribution in [0, 0.1) is 11.6 Å². The Hall–Kier alpha value is -0.895. The van der Waals surface area contributed by atoms with Gasteiger partial charge in [-0.15, -0.1) is 0 Å². The molecule has 56 valence electrons. The second-order valence-corrected chi connectivity index (χ2v) is 2.17. The van der Waals surface area contributed by atoms with Gasteiger partial charge < -0.3 is 5.73 Å². The van der Waals surface area contributed by atoms with E-state index in [1.807, 2.05) is 0 Å². The first-order valence-electron chi connectivity index (χ1n) is 3.08. The average molecular weight is 153 g/mol. The SMILES string of the molecule is [B]c1cc(F)c(CN)c(F)c1. The smallest absolute Gasteiger partial charge is 0.130 e. The van der Waals surface area contributed by atoms with Crippen LogP contribution >= 0.6 is 0 Å². The highest BCUT2D eigenvalue weighted by Gasteiger charge is 2.06. The van der Waals surface area contributed by atoms with Crippen LogP contribution in [0.3, 0.4) is 0 Å². The molecule has 0 heterocycles. The molecule has 0 atom stereocenters. The van der Waals surface area contributed by atoms with Crippen molar-refractivity contribution in [1.29, 1.82) is 0 Å². The fraction of sp³-hybridized carbons (Fsp3) is 0.143. The Morgan fingerprint density at radius 2 is 1.73 bits per heavy atom. The predicted octanol–water partition coefficient (Wildman–Crippen LogP) is 0.217. The van der Waals surface area contributed by atoms with Crippen molar-refractivity contribution in [2.24, 2.45) is 5.73 Å². The molecule has 2 radical (unpaired) electrons. The van der Waals surface area contributed by atoms with Crippen LogP contribution in [0.2, 0.25) is 0 Å². The zero-order valence-electron chi connectivity index (χ0n) is 5.77. The van der Waals surface area contributed by atoms with E-state index in [4.69, 9.17) is 13.6 Å². The van der Waals surface area contributed by atoms with Gasteiger partial charge in [-0.05, 0) is 12.1 Å². The molecule has 1 rings (SSSR count). The summed E-state index contributed by atoms with van der Waals surface area (Å²) in [5.74, 6) is -1.38. The quantitative estimate of drug-likeness (QED) is 0.573. The van der Waals surface area contributed by atoms with Crippen molar-refractivity contribution in [3.05, 3.63) is 29.3 Å². The van der Waals surface area contributed by atoms with Crippen LogP contribution in [0.5, 0.6) is 0 Å². The first kappa shape index (κ1) is 8.20. The van der Waals surface area contributed by atoms with Gasteiger partial charge >= 0.3 is 0 Å². The van der Waals surface area contributed by atoms with Gasteiger partial charge in [0, 0.05) is 12.1 Å². The average Bonchev–Trinajstić information content (AvgIpc) is 1.85. The van der Waals surface area contributed by atoms with Crippen LogP contribution < -0.4 is 11.2 Å². The molecule has 0 spiro atoms. The summed E-state index contributed by atoms with van der Waals surface area (Å²) in [6.07, 6.45) is 0. The van der Waals surface area contributed by atoms with Gasteiger partial charge in [-0.3, -0.25) is 0 Å². The lowest BCUT2D eigenvalue weighted by Gasteiger charge is -2.02. The lowest BCUT2D eigenvalue weighted by molar-refractivity contribution is 0.558. The van der Waals surface area contributed by atoms with Crippen LogP contribution in [0.1, 0.15) is 5.56 Å². The molecule has 2 N–H and O–H groups in total. The maximum absolute atomic E-state index is 12.7. The van der Waals surface area contributed by atoms with Crippen molar-refractivity contribution in [1.82, 2.24) is 0 Å². The lowest BCUT2D eigenvalue weighted by Crippen LogP contribution is -2.11. The van der Waals surface area contributed by atoms with E-state index in [9.17, 15) is 8.78 Å². The molecule has 4 heteroatoms. The van der Waals surface area contributed by atoms with Crippen LogP contribution in [-0.4, -0.2) is 7.85 Å². The molecule has 1 aromatic carbocycles. The molecule has 11 heavy (non-hydrogen) atoms. The second-order valence-electron chi connectivity index (χ2n) is 2.17. The molecule has 0 aliphatic rings. The van der Waals surface area contributed by atoms with Crippen molar-refractivity contribution in [3.8, 4) is 0 Å². The van der Waals surface area contributed by atoms with Crippen molar-refractivity contribution in [2.75, 3.05) is 0 Å². The van der Waals surface area contributed by atoms with E-state index < -0.39 is 11.6 Å². The zero-order valence-corrected chi connectivity index (χ0v) is 5.77. The van der Waals surface area contributed by atoms with Gasteiger partial charge in [0.2, 0.25) is 0 Å². The number of nitrogens with two attached hydrogens (primary N) is 1. The summed E-state index contributed by atoms with van der Waals surface area (Å²) in [5, 5.41) is 0. The third kappa shape index (κ3) is 1.57. The van der Waals surface area contributed by atoms with E-state index in [0.29, 0.717) is 0 Å². The second kappa shape index (κ2) is 3.01. The lowest BCUT2D eigenvalue weighted by atomic mass is 9.94. The maximum atomic E-state index is 12.7. The minimum absolute atomic E-state index is 0.0669. The largest absolute Gasteiger partial charge is 0.326 e. The standard InChI is InChI=1S/C7H6BF2N/c8-4-1-6(9)5(3-11)7(10)2-4/h1-2H,3,11H2. The molecule has 0 saturated heterocycles. The van der Waals surface area contributed by atoms with E-state index in [0.717, 1.165) is 12.1 Å². The fourth-order valence-electron chi connectivity index (χ4n) is 0.818.